The summed E-state index contributed by atoms with van der Waals surface area (Å²) in [4.78, 5) is 40.9. The number of hydrogen-bond acceptors (Lipinski definition) is 5. The molecule has 150 valence electrons. The Hall–Kier alpha value is -2.21. The van der Waals surface area contributed by atoms with Crippen molar-refractivity contribution in [2.75, 3.05) is 24.5 Å². The number of hydrogen-bond donors (Lipinski definition) is 0. The van der Waals surface area contributed by atoms with E-state index in [0.717, 1.165) is 51.6 Å². The van der Waals surface area contributed by atoms with Crippen molar-refractivity contribution >= 4 is 23.5 Å². The topological polar surface area (TPSA) is 66.9 Å². The SMILES string of the molecule is O=C(CN1CCCCC1)Oc1ccc(N2C(=O)CC3(CCCC3)CC2=O)cc1. The number of imide groups is 1. The average Bonchev–Trinajstić information content (AvgIpc) is 3.10. The minimum Gasteiger partial charge on any atom is -0.426 e. The number of anilines is 1. The second-order valence-corrected chi connectivity index (χ2v) is 8.49. The van der Waals surface area contributed by atoms with Crippen LogP contribution in [0.4, 0.5) is 5.69 Å². The minimum atomic E-state index is -0.275. The molecule has 3 aliphatic rings. The van der Waals surface area contributed by atoms with Gasteiger partial charge in [0.2, 0.25) is 11.8 Å². The molecule has 0 bridgehead atoms. The molecular formula is C22H28N2O4. The normalized spacial score (nSPS) is 22.6. The smallest absolute Gasteiger partial charge is 0.325 e. The van der Waals surface area contributed by atoms with Gasteiger partial charge in [0.1, 0.15) is 5.75 Å². The highest BCUT2D eigenvalue weighted by Gasteiger charge is 2.45. The van der Waals surface area contributed by atoms with Crippen LogP contribution in [0.5, 0.6) is 5.75 Å². The van der Waals surface area contributed by atoms with E-state index in [9.17, 15) is 14.4 Å². The molecule has 3 fully saturated rings. The van der Waals surface area contributed by atoms with E-state index in [1.165, 1.54) is 11.3 Å². The van der Waals surface area contributed by atoms with E-state index < -0.39 is 0 Å². The summed E-state index contributed by atoms with van der Waals surface area (Å²) in [5.74, 6) is -0.0705. The minimum absolute atomic E-state index is 0.103. The molecule has 2 saturated heterocycles. The standard InChI is InChI=1S/C22H28N2O4/c25-19-14-22(10-2-3-11-22)15-20(26)24(19)17-6-8-18(9-7-17)28-21(27)16-23-12-4-1-5-13-23/h6-9H,1-5,10-16H2. The highest BCUT2D eigenvalue weighted by Crippen LogP contribution is 2.47. The Morgan fingerprint density at radius 3 is 2.11 bits per heavy atom. The molecule has 1 aliphatic carbocycles. The van der Waals surface area contributed by atoms with E-state index in [1.54, 1.807) is 24.3 Å². The average molecular weight is 384 g/mol. The van der Waals surface area contributed by atoms with Crippen LogP contribution in [0.25, 0.3) is 0 Å². The molecule has 2 heterocycles. The van der Waals surface area contributed by atoms with Gasteiger partial charge in [-0.05, 0) is 68.5 Å². The maximum atomic E-state index is 12.7. The number of esters is 1. The number of piperidine rings is 2. The summed E-state index contributed by atoms with van der Waals surface area (Å²) in [5, 5.41) is 0. The second-order valence-electron chi connectivity index (χ2n) is 8.49. The van der Waals surface area contributed by atoms with Crippen LogP contribution in [-0.2, 0) is 14.4 Å². The molecule has 0 N–H and O–H groups in total. The molecule has 1 aromatic carbocycles. The number of carbonyl (C=O) groups excluding carboxylic acids is 3. The fraction of sp³-hybridized carbons (Fsp3) is 0.591. The summed E-state index contributed by atoms with van der Waals surface area (Å²) in [6.07, 6.45) is 8.55. The van der Waals surface area contributed by atoms with E-state index in [-0.39, 0.29) is 23.2 Å². The van der Waals surface area contributed by atoms with Gasteiger partial charge in [0.25, 0.3) is 0 Å². The first-order chi connectivity index (χ1) is 13.5. The van der Waals surface area contributed by atoms with E-state index in [0.29, 0.717) is 30.8 Å². The van der Waals surface area contributed by atoms with Gasteiger partial charge in [-0.3, -0.25) is 24.2 Å². The van der Waals surface area contributed by atoms with Crippen molar-refractivity contribution in [3.8, 4) is 5.75 Å². The first-order valence-electron chi connectivity index (χ1n) is 10.4. The molecule has 6 heteroatoms. The summed E-state index contributed by atoms with van der Waals surface area (Å²) in [7, 11) is 0. The van der Waals surface area contributed by atoms with Crippen molar-refractivity contribution in [1.29, 1.82) is 0 Å². The quantitative estimate of drug-likeness (QED) is 0.453. The number of benzene rings is 1. The maximum absolute atomic E-state index is 12.7. The number of rotatable bonds is 4. The summed E-state index contributed by atoms with van der Waals surface area (Å²) in [6.45, 7) is 2.18. The first kappa shape index (κ1) is 19.1. The molecule has 6 nitrogen and oxygen atoms in total. The molecule has 2 aliphatic heterocycles. The van der Waals surface area contributed by atoms with Gasteiger partial charge < -0.3 is 4.74 Å². The van der Waals surface area contributed by atoms with E-state index >= 15 is 0 Å². The summed E-state index contributed by atoms with van der Waals surface area (Å²) in [6, 6.07) is 6.69. The van der Waals surface area contributed by atoms with Crippen LogP contribution in [0.3, 0.4) is 0 Å². The molecule has 2 amide bonds. The Bertz CT molecular complexity index is 726. The van der Waals surface area contributed by atoms with Crippen LogP contribution in [0, 0.1) is 5.41 Å². The van der Waals surface area contributed by atoms with Gasteiger partial charge in [0, 0.05) is 12.8 Å². The summed E-state index contributed by atoms with van der Waals surface area (Å²) in [5.41, 5.74) is 0.452. The zero-order valence-corrected chi connectivity index (χ0v) is 16.3. The van der Waals surface area contributed by atoms with Crippen LogP contribution in [0.15, 0.2) is 24.3 Å². The lowest BCUT2D eigenvalue weighted by Crippen LogP contribution is -2.47. The Morgan fingerprint density at radius 1 is 0.893 bits per heavy atom. The fourth-order valence-corrected chi connectivity index (χ4v) is 4.89. The van der Waals surface area contributed by atoms with E-state index in [2.05, 4.69) is 4.90 Å². The van der Waals surface area contributed by atoms with Crippen LogP contribution in [-0.4, -0.2) is 42.3 Å². The Balaban J connectivity index is 1.37. The third-order valence-corrected chi connectivity index (χ3v) is 6.34. The monoisotopic (exact) mass is 384 g/mol. The van der Waals surface area contributed by atoms with Gasteiger partial charge in [-0.25, -0.2) is 0 Å². The lowest BCUT2D eigenvalue weighted by atomic mass is 9.76. The predicted octanol–water partition coefficient (Wildman–Crippen LogP) is 3.29. The number of likely N-dealkylation sites (tertiary alicyclic amines) is 1. The molecule has 1 aromatic rings. The number of carbonyl (C=O) groups is 3. The van der Waals surface area contributed by atoms with Crippen LogP contribution < -0.4 is 9.64 Å². The molecule has 0 aromatic heterocycles. The molecule has 28 heavy (non-hydrogen) atoms. The first-order valence-corrected chi connectivity index (χ1v) is 10.4. The van der Waals surface area contributed by atoms with E-state index in [4.69, 9.17) is 4.74 Å². The van der Waals surface area contributed by atoms with Gasteiger partial charge >= 0.3 is 5.97 Å². The Labute approximate surface area is 165 Å². The fourth-order valence-electron chi connectivity index (χ4n) is 4.89. The summed E-state index contributed by atoms with van der Waals surface area (Å²) >= 11 is 0. The highest BCUT2D eigenvalue weighted by atomic mass is 16.5. The van der Waals surface area contributed by atoms with E-state index in [1.807, 2.05) is 0 Å². The third kappa shape index (κ3) is 4.12. The third-order valence-electron chi connectivity index (χ3n) is 6.34. The van der Waals surface area contributed by atoms with Crippen LogP contribution in [0.2, 0.25) is 0 Å². The largest absolute Gasteiger partial charge is 0.426 e. The van der Waals surface area contributed by atoms with Crippen molar-refractivity contribution in [3.05, 3.63) is 24.3 Å². The van der Waals surface area contributed by atoms with Crippen molar-refractivity contribution in [3.63, 3.8) is 0 Å². The van der Waals surface area contributed by atoms with Crippen molar-refractivity contribution in [1.82, 2.24) is 4.90 Å². The molecule has 1 saturated carbocycles. The summed E-state index contributed by atoms with van der Waals surface area (Å²) < 4.78 is 5.42. The predicted molar refractivity (Wildman–Crippen MR) is 105 cm³/mol. The Kier molecular flexibility index (Phi) is 5.49. The van der Waals surface area contributed by atoms with Crippen molar-refractivity contribution < 1.29 is 19.1 Å². The number of amides is 2. The second kappa shape index (κ2) is 8.03. The molecule has 0 atom stereocenters. The molecule has 0 radical (unpaired) electrons. The number of ether oxygens (including phenoxy) is 1. The van der Waals surface area contributed by atoms with Gasteiger partial charge in [-0.15, -0.1) is 0 Å². The number of nitrogens with zero attached hydrogens (tertiary/aromatic N) is 2. The highest BCUT2D eigenvalue weighted by molar-refractivity contribution is 6.17. The molecule has 0 unspecified atom stereocenters. The van der Waals surface area contributed by atoms with Gasteiger partial charge in [0.15, 0.2) is 0 Å². The lowest BCUT2D eigenvalue weighted by Gasteiger charge is -2.37. The van der Waals surface area contributed by atoms with Crippen molar-refractivity contribution in [2.45, 2.75) is 57.8 Å². The molecular weight excluding hydrogens is 356 g/mol. The molecule has 4 rings (SSSR count). The maximum Gasteiger partial charge on any atom is 0.325 e. The van der Waals surface area contributed by atoms with Gasteiger partial charge in [0.05, 0.1) is 12.2 Å². The van der Waals surface area contributed by atoms with Crippen LogP contribution >= 0.6 is 0 Å². The van der Waals surface area contributed by atoms with Crippen molar-refractivity contribution in [2.24, 2.45) is 5.41 Å². The van der Waals surface area contributed by atoms with Crippen LogP contribution in [0.1, 0.15) is 57.8 Å². The molecule has 1 spiro atoms. The lowest BCUT2D eigenvalue weighted by molar-refractivity contribution is -0.136. The zero-order chi connectivity index (χ0) is 19.6. The Morgan fingerprint density at radius 2 is 1.50 bits per heavy atom. The zero-order valence-electron chi connectivity index (χ0n) is 16.3. The van der Waals surface area contributed by atoms with Gasteiger partial charge in [-0.1, -0.05) is 19.3 Å². The van der Waals surface area contributed by atoms with Gasteiger partial charge in [-0.2, -0.15) is 0 Å².